The van der Waals surface area contributed by atoms with Gasteiger partial charge in [-0.3, -0.25) is 9.59 Å². The summed E-state index contributed by atoms with van der Waals surface area (Å²) in [4.78, 5) is 24.9. The Labute approximate surface area is 160 Å². The largest absolute Gasteiger partial charge is 0.320 e. The lowest BCUT2D eigenvalue weighted by atomic mass is 10.1. The minimum absolute atomic E-state index is 0.0324. The van der Waals surface area contributed by atoms with E-state index in [9.17, 15) is 22.8 Å². The molecule has 1 aromatic heterocycles. The predicted molar refractivity (Wildman–Crippen MR) is 98.0 cm³/mol. The minimum Gasteiger partial charge on any atom is -0.320 e. The van der Waals surface area contributed by atoms with Gasteiger partial charge in [0.1, 0.15) is 0 Å². The van der Waals surface area contributed by atoms with Gasteiger partial charge in [-0.1, -0.05) is 17.7 Å². The summed E-state index contributed by atoms with van der Waals surface area (Å²) >= 11 is 7.27. The van der Waals surface area contributed by atoms with Crippen LogP contribution in [0.5, 0.6) is 0 Å². The molecule has 138 valence electrons. The van der Waals surface area contributed by atoms with Crippen molar-refractivity contribution in [2.24, 2.45) is 0 Å². The molecule has 2 aromatic carbocycles. The minimum atomic E-state index is -1.69. The number of nitrogens with one attached hydrogen (secondary N) is 2. The molecule has 0 saturated carbocycles. The Morgan fingerprint density at radius 1 is 0.889 bits per heavy atom. The van der Waals surface area contributed by atoms with E-state index in [1.807, 2.05) is 0 Å². The molecule has 0 fully saturated rings. The third kappa shape index (κ3) is 4.12. The number of thiophene rings is 1. The molecule has 27 heavy (non-hydrogen) atoms. The summed E-state index contributed by atoms with van der Waals surface area (Å²) in [5, 5.41) is 6.65. The normalized spacial score (nSPS) is 10.5. The number of halogens is 4. The lowest BCUT2D eigenvalue weighted by molar-refractivity contribution is 0.101. The average Bonchev–Trinajstić information content (AvgIpc) is 3.19. The number of carbonyl (C=O) groups excluding carboxylic acids is 2. The second-order valence-electron chi connectivity index (χ2n) is 5.30. The second kappa shape index (κ2) is 7.81. The standard InChI is InChI=1S/C18H10ClF3N2O2S/c19-10-4-3-9(8-13(10)24-18(26)14-2-1-7-27-14)17(25)23-12-6-5-11(20)15(21)16(12)22/h1-8H,(H,23,25)(H,24,26). The molecule has 0 aliphatic carbocycles. The van der Waals surface area contributed by atoms with Crippen LogP contribution in [0.3, 0.4) is 0 Å². The van der Waals surface area contributed by atoms with E-state index in [0.29, 0.717) is 10.9 Å². The molecule has 1 heterocycles. The number of hydrogen-bond donors (Lipinski definition) is 2. The van der Waals surface area contributed by atoms with Crippen LogP contribution in [0.4, 0.5) is 24.5 Å². The molecule has 0 unspecified atom stereocenters. The first-order valence-electron chi connectivity index (χ1n) is 7.46. The molecule has 4 nitrogen and oxygen atoms in total. The van der Waals surface area contributed by atoms with Gasteiger partial charge in [-0.25, -0.2) is 13.2 Å². The first-order valence-corrected chi connectivity index (χ1v) is 8.72. The van der Waals surface area contributed by atoms with E-state index in [1.165, 1.54) is 29.5 Å². The molecule has 0 aliphatic heterocycles. The quantitative estimate of drug-likeness (QED) is 0.572. The maximum absolute atomic E-state index is 13.7. The van der Waals surface area contributed by atoms with E-state index < -0.39 is 35.0 Å². The molecule has 2 amide bonds. The van der Waals surface area contributed by atoms with Crippen LogP contribution in [0, 0.1) is 17.5 Å². The Bertz CT molecular complexity index is 1030. The lowest BCUT2D eigenvalue weighted by Crippen LogP contribution is -2.15. The highest BCUT2D eigenvalue weighted by Gasteiger charge is 2.17. The van der Waals surface area contributed by atoms with E-state index in [0.717, 1.165) is 6.07 Å². The number of amides is 2. The summed E-state index contributed by atoms with van der Waals surface area (Å²) in [5.74, 6) is -5.76. The van der Waals surface area contributed by atoms with Gasteiger partial charge in [0.15, 0.2) is 17.5 Å². The zero-order chi connectivity index (χ0) is 19.6. The molecule has 9 heteroatoms. The average molecular weight is 411 g/mol. The van der Waals surface area contributed by atoms with Crippen LogP contribution in [-0.4, -0.2) is 11.8 Å². The van der Waals surface area contributed by atoms with E-state index in [-0.39, 0.29) is 16.3 Å². The van der Waals surface area contributed by atoms with Gasteiger partial charge in [0.2, 0.25) is 0 Å². The van der Waals surface area contributed by atoms with Crippen molar-refractivity contribution < 1.29 is 22.8 Å². The molecule has 2 N–H and O–H groups in total. The Morgan fingerprint density at radius 2 is 1.63 bits per heavy atom. The zero-order valence-corrected chi connectivity index (χ0v) is 14.9. The van der Waals surface area contributed by atoms with Gasteiger partial charge < -0.3 is 10.6 Å². The van der Waals surface area contributed by atoms with Crippen molar-refractivity contribution in [3.05, 3.63) is 80.8 Å². The summed E-state index contributed by atoms with van der Waals surface area (Å²) in [6, 6.07) is 8.95. The van der Waals surface area contributed by atoms with Crippen LogP contribution in [0.25, 0.3) is 0 Å². The molecule has 0 spiro atoms. The first kappa shape index (κ1) is 18.9. The molecule has 0 radical (unpaired) electrons. The van der Waals surface area contributed by atoms with Crippen LogP contribution in [-0.2, 0) is 0 Å². The highest BCUT2D eigenvalue weighted by molar-refractivity contribution is 7.12. The molecule has 0 aliphatic rings. The molecular weight excluding hydrogens is 401 g/mol. The van der Waals surface area contributed by atoms with E-state index >= 15 is 0 Å². The molecule has 3 aromatic rings. The Kier molecular flexibility index (Phi) is 5.48. The predicted octanol–water partition coefficient (Wildman–Crippen LogP) is 5.32. The molecule has 0 saturated heterocycles. The highest BCUT2D eigenvalue weighted by atomic mass is 35.5. The zero-order valence-electron chi connectivity index (χ0n) is 13.4. The van der Waals surface area contributed by atoms with Gasteiger partial charge >= 0.3 is 0 Å². The van der Waals surface area contributed by atoms with Crippen LogP contribution >= 0.6 is 22.9 Å². The van der Waals surface area contributed by atoms with Crippen molar-refractivity contribution in [3.8, 4) is 0 Å². The Morgan fingerprint density at radius 3 is 2.33 bits per heavy atom. The summed E-state index contributed by atoms with van der Waals surface area (Å²) < 4.78 is 40.0. The summed E-state index contributed by atoms with van der Waals surface area (Å²) in [6.45, 7) is 0. The van der Waals surface area contributed by atoms with E-state index in [4.69, 9.17) is 11.6 Å². The van der Waals surface area contributed by atoms with Crippen molar-refractivity contribution in [3.63, 3.8) is 0 Å². The number of carbonyl (C=O) groups is 2. The fourth-order valence-electron chi connectivity index (χ4n) is 2.17. The van der Waals surface area contributed by atoms with Crippen molar-refractivity contribution in [1.82, 2.24) is 0 Å². The maximum atomic E-state index is 13.7. The number of rotatable bonds is 4. The van der Waals surface area contributed by atoms with Crippen molar-refractivity contribution in [1.29, 1.82) is 0 Å². The molecule has 0 bridgehead atoms. The SMILES string of the molecule is O=C(Nc1ccc(F)c(F)c1F)c1ccc(Cl)c(NC(=O)c2cccs2)c1. The van der Waals surface area contributed by atoms with Crippen LogP contribution < -0.4 is 10.6 Å². The van der Waals surface area contributed by atoms with Gasteiger partial charge in [0.25, 0.3) is 11.8 Å². The van der Waals surface area contributed by atoms with Gasteiger partial charge in [-0.15, -0.1) is 11.3 Å². The van der Waals surface area contributed by atoms with Crippen molar-refractivity contribution in [2.45, 2.75) is 0 Å². The summed E-state index contributed by atoms with van der Waals surface area (Å²) in [6.07, 6.45) is 0. The van der Waals surface area contributed by atoms with E-state index in [1.54, 1.807) is 17.5 Å². The molecule has 0 atom stereocenters. The van der Waals surface area contributed by atoms with Gasteiger partial charge in [-0.05, 0) is 41.8 Å². The van der Waals surface area contributed by atoms with Crippen LogP contribution in [0.2, 0.25) is 5.02 Å². The van der Waals surface area contributed by atoms with Gasteiger partial charge in [0.05, 0.1) is 21.3 Å². The fraction of sp³-hybridized carbons (Fsp3) is 0. The van der Waals surface area contributed by atoms with Crippen LogP contribution in [0.15, 0.2) is 47.8 Å². The third-order valence-corrected chi connectivity index (χ3v) is 4.70. The van der Waals surface area contributed by atoms with Crippen molar-refractivity contribution in [2.75, 3.05) is 10.6 Å². The number of hydrogen-bond acceptors (Lipinski definition) is 3. The first-order chi connectivity index (χ1) is 12.9. The number of benzene rings is 2. The Balaban J connectivity index is 1.82. The molecular formula is C18H10ClF3N2O2S. The van der Waals surface area contributed by atoms with Crippen LogP contribution in [0.1, 0.15) is 20.0 Å². The third-order valence-electron chi connectivity index (χ3n) is 3.51. The smallest absolute Gasteiger partial charge is 0.265 e. The van der Waals surface area contributed by atoms with Crippen molar-refractivity contribution >= 4 is 46.1 Å². The van der Waals surface area contributed by atoms with Gasteiger partial charge in [0, 0.05) is 5.56 Å². The summed E-state index contributed by atoms with van der Waals surface area (Å²) in [7, 11) is 0. The van der Waals surface area contributed by atoms with Gasteiger partial charge in [-0.2, -0.15) is 0 Å². The monoisotopic (exact) mass is 410 g/mol. The summed E-state index contributed by atoms with van der Waals surface area (Å²) in [5.41, 5.74) is -0.309. The van der Waals surface area contributed by atoms with E-state index in [2.05, 4.69) is 10.6 Å². The maximum Gasteiger partial charge on any atom is 0.265 e. The lowest BCUT2D eigenvalue weighted by Gasteiger charge is -2.10. The fourth-order valence-corrected chi connectivity index (χ4v) is 2.95. The number of anilines is 2. The second-order valence-corrected chi connectivity index (χ2v) is 6.66. The highest BCUT2D eigenvalue weighted by Crippen LogP contribution is 2.26. The molecule has 3 rings (SSSR count). The Hall–Kier alpha value is -2.84. The topological polar surface area (TPSA) is 58.2 Å².